The SMILES string of the molecule is CN(CCCNC(=O)C1CCN(C(=O)C2CCCO2)CC1)c1ccccc1. The summed E-state index contributed by atoms with van der Waals surface area (Å²) in [4.78, 5) is 28.8. The van der Waals surface area contributed by atoms with Crippen molar-refractivity contribution in [1.82, 2.24) is 10.2 Å². The zero-order valence-corrected chi connectivity index (χ0v) is 16.2. The number of carbonyl (C=O) groups excluding carboxylic acids is 2. The van der Waals surface area contributed by atoms with Crippen LogP contribution < -0.4 is 10.2 Å². The molecule has 1 N–H and O–H groups in total. The van der Waals surface area contributed by atoms with E-state index in [0.717, 1.165) is 38.6 Å². The average molecular weight is 373 g/mol. The highest BCUT2D eigenvalue weighted by molar-refractivity contribution is 5.82. The van der Waals surface area contributed by atoms with E-state index >= 15 is 0 Å². The summed E-state index contributed by atoms with van der Waals surface area (Å²) >= 11 is 0. The van der Waals surface area contributed by atoms with Gasteiger partial charge in [0, 0.05) is 51.4 Å². The summed E-state index contributed by atoms with van der Waals surface area (Å²) in [6.07, 6.45) is 3.94. The monoisotopic (exact) mass is 373 g/mol. The van der Waals surface area contributed by atoms with Crippen molar-refractivity contribution in [2.24, 2.45) is 5.92 Å². The number of amides is 2. The third-order valence-electron chi connectivity index (χ3n) is 5.55. The van der Waals surface area contributed by atoms with Crippen molar-refractivity contribution in [2.45, 2.75) is 38.2 Å². The molecule has 1 aromatic rings. The Kier molecular flexibility index (Phi) is 7.10. The molecule has 2 aliphatic heterocycles. The number of rotatable bonds is 7. The highest BCUT2D eigenvalue weighted by Gasteiger charge is 2.32. The minimum absolute atomic E-state index is 0.0189. The van der Waals surface area contributed by atoms with Gasteiger partial charge in [0.15, 0.2) is 0 Å². The normalized spacial score (nSPS) is 20.5. The van der Waals surface area contributed by atoms with E-state index in [1.54, 1.807) is 0 Å². The number of para-hydroxylation sites is 1. The van der Waals surface area contributed by atoms with Gasteiger partial charge in [-0.3, -0.25) is 9.59 Å². The molecule has 6 heteroatoms. The van der Waals surface area contributed by atoms with E-state index < -0.39 is 0 Å². The molecule has 2 fully saturated rings. The van der Waals surface area contributed by atoms with E-state index in [2.05, 4.69) is 29.4 Å². The number of benzene rings is 1. The first kappa shape index (κ1) is 19.7. The third-order valence-corrected chi connectivity index (χ3v) is 5.55. The van der Waals surface area contributed by atoms with Crippen LogP contribution in [-0.4, -0.2) is 62.7 Å². The summed E-state index contributed by atoms with van der Waals surface area (Å²) in [5.41, 5.74) is 1.19. The maximum absolute atomic E-state index is 12.4. The lowest BCUT2D eigenvalue weighted by Gasteiger charge is -2.32. The minimum Gasteiger partial charge on any atom is -0.375 e. The van der Waals surface area contributed by atoms with Crippen LogP contribution in [0.2, 0.25) is 0 Å². The van der Waals surface area contributed by atoms with Gasteiger partial charge in [-0.1, -0.05) is 18.2 Å². The fourth-order valence-electron chi connectivity index (χ4n) is 3.82. The van der Waals surface area contributed by atoms with E-state index in [1.807, 2.05) is 23.1 Å². The van der Waals surface area contributed by atoms with Gasteiger partial charge >= 0.3 is 0 Å². The summed E-state index contributed by atoms with van der Waals surface area (Å²) < 4.78 is 5.48. The first-order valence-electron chi connectivity index (χ1n) is 10.1. The van der Waals surface area contributed by atoms with Crippen LogP contribution in [0.15, 0.2) is 30.3 Å². The molecule has 2 amide bonds. The summed E-state index contributed by atoms with van der Waals surface area (Å²) in [6.45, 7) is 3.60. The zero-order valence-electron chi connectivity index (χ0n) is 16.2. The van der Waals surface area contributed by atoms with Crippen molar-refractivity contribution >= 4 is 17.5 Å². The maximum atomic E-state index is 12.4. The molecule has 0 saturated carbocycles. The van der Waals surface area contributed by atoms with Gasteiger partial charge in [0.25, 0.3) is 5.91 Å². The van der Waals surface area contributed by atoms with E-state index in [4.69, 9.17) is 4.74 Å². The van der Waals surface area contributed by atoms with Crippen molar-refractivity contribution in [1.29, 1.82) is 0 Å². The summed E-state index contributed by atoms with van der Waals surface area (Å²) in [5, 5.41) is 3.06. The van der Waals surface area contributed by atoms with Gasteiger partial charge in [-0.2, -0.15) is 0 Å². The van der Waals surface area contributed by atoms with E-state index in [-0.39, 0.29) is 23.8 Å². The summed E-state index contributed by atoms with van der Waals surface area (Å²) in [6, 6.07) is 10.2. The van der Waals surface area contributed by atoms with Gasteiger partial charge in [-0.05, 0) is 44.2 Å². The quantitative estimate of drug-likeness (QED) is 0.743. The maximum Gasteiger partial charge on any atom is 0.251 e. The Labute approximate surface area is 161 Å². The Bertz CT molecular complexity index is 608. The number of nitrogens with zero attached hydrogens (tertiary/aromatic N) is 2. The predicted molar refractivity (Wildman–Crippen MR) is 106 cm³/mol. The Hall–Kier alpha value is -2.08. The van der Waals surface area contributed by atoms with Crippen LogP contribution in [0.5, 0.6) is 0 Å². The highest BCUT2D eigenvalue weighted by atomic mass is 16.5. The topological polar surface area (TPSA) is 61.9 Å². The first-order chi connectivity index (χ1) is 13.1. The molecule has 2 aliphatic rings. The fraction of sp³-hybridized carbons (Fsp3) is 0.619. The molecule has 27 heavy (non-hydrogen) atoms. The molecule has 2 heterocycles. The smallest absolute Gasteiger partial charge is 0.251 e. The Morgan fingerprint density at radius 1 is 1.19 bits per heavy atom. The average Bonchev–Trinajstić information content (AvgIpc) is 3.26. The van der Waals surface area contributed by atoms with Crippen molar-refractivity contribution in [3.8, 4) is 0 Å². The number of nitrogens with one attached hydrogen (secondary N) is 1. The lowest BCUT2D eigenvalue weighted by atomic mass is 9.95. The lowest BCUT2D eigenvalue weighted by molar-refractivity contribution is -0.143. The van der Waals surface area contributed by atoms with Crippen LogP contribution in [0.1, 0.15) is 32.1 Å². The number of hydrogen-bond acceptors (Lipinski definition) is 4. The molecule has 0 aliphatic carbocycles. The molecule has 1 aromatic carbocycles. The van der Waals surface area contributed by atoms with Gasteiger partial charge in [0.2, 0.25) is 5.91 Å². The molecule has 0 aromatic heterocycles. The number of carbonyl (C=O) groups is 2. The van der Waals surface area contributed by atoms with Gasteiger partial charge in [-0.15, -0.1) is 0 Å². The van der Waals surface area contributed by atoms with Crippen molar-refractivity contribution in [3.63, 3.8) is 0 Å². The Morgan fingerprint density at radius 2 is 1.93 bits per heavy atom. The first-order valence-corrected chi connectivity index (χ1v) is 10.1. The largest absolute Gasteiger partial charge is 0.375 e. The van der Waals surface area contributed by atoms with Crippen LogP contribution in [0.25, 0.3) is 0 Å². The second-order valence-corrected chi connectivity index (χ2v) is 7.50. The second kappa shape index (κ2) is 9.74. The van der Waals surface area contributed by atoms with Crippen LogP contribution in [0, 0.1) is 5.92 Å². The molecule has 1 unspecified atom stereocenters. The number of ether oxygens (including phenoxy) is 1. The van der Waals surface area contributed by atoms with Crippen molar-refractivity contribution < 1.29 is 14.3 Å². The number of likely N-dealkylation sites (tertiary alicyclic amines) is 1. The van der Waals surface area contributed by atoms with E-state index in [1.165, 1.54) is 5.69 Å². The van der Waals surface area contributed by atoms with Gasteiger partial charge in [-0.25, -0.2) is 0 Å². The summed E-state index contributed by atoms with van der Waals surface area (Å²) in [5.74, 6) is 0.252. The Morgan fingerprint density at radius 3 is 2.59 bits per heavy atom. The molecule has 0 spiro atoms. The number of piperidine rings is 1. The van der Waals surface area contributed by atoms with Crippen LogP contribution in [-0.2, 0) is 14.3 Å². The van der Waals surface area contributed by atoms with E-state index in [0.29, 0.717) is 26.2 Å². The minimum atomic E-state index is -0.253. The summed E-state index contributed by atoms with van der Waals surface area (Å²) in [7, 11) is 2.07. The molecular weight excluding hydrogens is 342 g/mol. The van der Waals surface area contributed by atoms with Gasteiger partial charge in [0.05, 0.1) is 0 Å². The van der Waals surface area contributed by atoms with Crippen LogP contribution >= 0.6 is 0 Å². The standard InChI is InChI=1S/C21H31N3O3/c1-23(18-7-3-2-4-8-18)13-6-12-22-20(25)17-10-14-24(15-11-17)21(26)19-9-5-16-27-19/h2-4,7-8,17,19H,5-6,9-16H2,1H3,(H,22,25). The third kappa shape index (κ3) is 5.45. The van der Waals surface area contributed by atoms with Crippen LogP contribution in [0.4, 0.5) is 5.69 Å². The van der Waals surface area contributed by atoms with Gasteiger partial charge in [0.1, 0.15) is 6.10 Å². The molecule has 2 saturated heterocycles. The zero-order chi connectivity index (χ0) is 19.1. The Balaban J connectivity index is 1.32. The van der Waals surface area contributed by atoms with Crippen LogP contribution in [0.3, 0.4) is 0 Å². The molecule has 148 valence electrons. The molecule has 0 radical (unpaired) electrons. The van der Waals surface area contributed by atoms with Gasteiger partial charge < -0.3 is 19.9 Å². The van der Waals surface area contributed by atoms with Crippen molar-refractivity contribution in [2.75, 3.05) is 44.7 Å². The number of anilines is 1. The lowest BCUT2D eigenvalue weighted by Crippen LogP contribution is -2.46. The molecule has 1 atom stereocenters. The van der Waals surface area contributed by atoms with Crippen molar-refractivity contribution in [3.05, 3.63) is 30.3 Å². The molecule has 3 rings (SSSR count). The fourth-order valence-corrected chi connectivity index (χ4v) is 3.82. The van der Waals surface area contributed by atoms with E-state index in [9.17, 15) is 9.59 Å². The highest BCUT2D eigenvalue weighted by Crippen LogP contribution is 2.21. The molecular formula is C21H31N3O3. The second-order valence-electron chi connectivity index (χ2n) is 7.50. The molecule has 6 nitrogen and oxygen atoms in total. The molecule has 0 bridgehead atoms. The number of hydrogen-bond donors (Lipinski definition) is 1. The predicted octanol–water partition coefficient (Wildman–Crippen LogP) is 2.05.